The predicted octanol–water partition coefficient (Wildman–Crippen LogP) is 4.86. The van der Waals surface area contributed by atoms with Crippen molar-refractivity contribution in [3.63, 3.8) is 0 Å². The highest BCUT2D eigenvalue weighted by Gasteiger charge is 2.73. The lowest BCUT2D eigenvalue weighted by Crippen LogP contribution is -2.68. The lowest BCUT2D eigenvalue weighted by molar-refractivity contribution is -0.234. The second kappa shape index (κ2) is 8.23. The van der Waals surface area contributed by atoms with Gasteiger partial charge < -0.3 is 15.3 Å². The van der Waals surface area contributed by atoms with Gasteiger partial charge in [0, 0.05) is 30.1 Å². The Balaban J connectivity index is 1.69. The molecular weight excluding hydrogens is 440 g/mol. The van der Waals surface area contributed by atoms with Crippen molar-refractivity contribution in [1.29, 1.82) is 0 Å². The van der Waals surface area contributed by atoms with E-state index in [0.29, 0.717) is 37.7 Å². The monoisotopic (exact) mass is 488 g/mol. The third-order valence-corrected chi connectivity index (χ3v) is 12.1. The molecule has 4 saturated carbocycles. The first-order chi connectivity index (χ1) is 15.9. The van der Waals surface area contributed by atoms with Gasteiger partial charge in [0.2, 0.25) is 0 Å². The number of rotatable bonds is 5. The van der Waals surface area contributed by atoms with E-state index in [4.69, 9.17) is 0 Å². The normalized spacial score (nSPS) is 47.3. The Morgan fingerprint density at radius 3 is 2.37 bits per heavy atom. The first kappa shape index (κ1) is 27.0. The van der Waals surface area contributed by atoms with Gasteiger partial charge in [-0.3, -0.25) is 9.59 Å². The minimum Gasteiger partial charge on any atom is -0.393 e. The van der Waals surface area contributed by atoms with E-state index in [1.54, 1.807) is 6.92 Å². The molecule has 4 rings (SSSR count). The van der Waals surface area contributed by atoms with Gasteiger partial charge in [0.05, 0.1) is 17.8 Å². The molecule has 0 aromatic rings. The Labute approximate surface area is 211 Å². The molecule has 0 amide bonds. The van der Waals surface area contributed by atoms with Crippen LogP contribution in [0.2, 0.25) is 0 Å². The van der Waals surface area contributed by atoms with Crippen LogP contribution in [0.5, 0.6) is 0 Å². The van der Waals surface area contributed by atoms with E-state index >= 15 is 0 Å². The first-order valence-corrected chi connectivity index (χ1v) is 13.7. The lowest BCUT2D eigenvalue weighted by atomic mass is 9.35. The molecular formula is C30H48O5. The van der Waals surface area contributed by atoms with Crippen molar-refractivity contribution in [2.24, 2.45) is 45.3 Å². The average molecular weight is 489 g/mol. The van der Waals surface area contributed by atoms with Gasteiger partial charge in [-0.2, -0.15) is 0 Å². The van der Waals surface area contributed by atoms with Crippen molar-refractivity contribution in [3.8, 4) is 0 Å². The number of carbonyl (C=O) groups is 2. The molecule has 4 aliphatic carbocycles. The van der Waals surface area contributed by atoms with E-state index in [9.17, 15) is 24.9 Å². The molecule has 0 bridgehead atoms. The van der Waals surface area contributed by atoms with E-state index < -0.39 is 23.2 Å². The van der Waals surface area contributed by atoms with E-state index in [1.807, 2.05) is 20.8 Å². The minimum atomic E-state index is -1.06. The fourth-order valence-corrected chi connectivity index (χ4v) is 9.98. The molecule has 0 aliphatic heterocycles. The smallest absolute Gasteiger partial charge is 0.138 e. The molecule has 4 aliphatic rings. The number of Topliss-reactive ketones (excluding diaryl/α,β-unsaturated/α-hetero) is 2. The number of ketones is 2. The zero-order valence-electron chi connectivity index (χ0n) is 23.0. The number of fused-ring (bicyclic) bond motifs is 5. The molecule has 3 N–H and O–H groups in total. The predicted molar refractivity (Wildman–Crippen MR) is 136 cm³/mol. The van der Waals surface area contributed by atoms with Gasteiger partial charge in [-0.25, -0.2) is 0 Å². The van der Waals surface area contributed by atoms with Crippen molar-refractivity contribution < 1.29 is 24.9 Å². The van der Waals surface area contributed by atoms with E-state index in [1.165, 1.54) is 0 Å². The Morgan fingerprint density at radius 2 is 1.77 bits per heavy atom. The summed E-state index contributed by atoms with van der Waals surface area (Å²) in [5.74, 6) is 0.00479. The number of hydrogen-bond acceptors (Lipinski definition) is 5. The maximum atomic E-state index is 14.0. The van der Waals surface area contributed by atoms with Crippen LogP contribution in [0.3, 0.4) is 0 Å². The van der Waals surface area contributed by atoms with E-state index in [-0.39, 0.29) is 51.5 Å². The standard InChI is InChI=1S/C30H48O5/c1-17(2)19(31)10-14-30(8,35)18-9-13-28(6)24(18)20(32)15-22-27(5)12-11-23(34)26(3,4)25(27)21(33)16-29(22,28)7/h18-19,21-22,24-25,31,33,35H,1,9-16H2,2-8H3/t18-,19?,21-,22+,24-,25-,27+,28+,29+,30-/m0/s1. The summed E-state index contributed by atoms with van der Waals surface area (Å²) in [4.78, 5) is 26.9. The molecule has 1 unspecified atom stereocenters. The highest BCUT2D eigenvalue weighted by molar-refractivity contribution is 5.87. The summed E-state index contributed by atoms with van der Waals surface area (Å²) < 4.78 is 0. The van der Waals surface area contributed by atoms with Crippen LogP contribution in [0.15, 0.2) is 12.2 Å². The van der Waals surface area contributed by atoms with Crippen LogP contribution in [0, 0.1) is 45.3 Å². The summed E-state index contributed by atoms with van der Waals surface area (Å²) in [5, 5.41) is 33.5. The van der Waals surface area contributed by atoms with Gasteiger partial charge in [-0.1, -0.05) is 46.8 Å². The van der Waals surface area contributed by atoms with E-state index in [0.717, 1.165) is 19.3 Å². The molecule has 5 nitrogen and oxygen atoms in total. The van der Waals surface area contributed by atoms with Crippen molar-refractivity contribution in [2.75, 3.05) is 0 Å². The number of aliphatic hydroxyl groups excluding tert-OH is 2. The zero-order chi connectivity index (χ0) is 26.4. The maximum absolute atomic E-state index is 14.0. The highest BCUT2D eigenvalue weighted by atomic mass is 16.3. The zero-order valence-corrected chi connectivity index (χ0v) is 23.0. The van der Waals surface area contributed by atoms with Crippen molar-refractivity contribution in [3.05, 3.63) is 12.2 Å². The first-order valence-electron chi connectivity index (χ1n) is 13.7. The summed E-state index contributed by atoms with van der Waals surface area (Å²) >= 11 is 0. The van der Waals surface area contributed by atoms with Crippen LogP contribution in [0.1, 0.15) is 99.8 Å². The number of aliphatic hydroxyl groups is 3. The van der Waals surface area contributed by atoms with Crippen molar-refractivity contribution in [2.45, 2.75) is 118 Å². The molecule has 0 aromatic carbocycles. The minimum absolute atomic E-state index is 0.110. The fourth-order valence-electron chi connectivity index (χ4n) is 9.98. The topological polar surface area (TPSA) is 94.8 Å². The molecule has 35 heavy (non-hydrogen) atoms. The third kappa shape index (κ3) is 3.66. The largest absolute Gasteiger partial charge is 0.393 e. The van der Waals surface area contributed by atoms with Gasteiger partial charge in [-0.05, 0) is 80.5 Å². The fraction of sp³-hybridized carbons (Fsp3) is 0.867. The maximum Gasteiger partial charge on any atom is 0.138 e. The summed E-state index contributed by atoms with van der Waals surface area (Å²) in [6, 6.07) is 0. The van der Waals surface area contributed by atoms with Gasteiger partial charge in [0.1, 0.15) is 11.6 Å². The third-order valence-electron chi connectivity index (χ3n) is 12.1. The van der Waals surface area contributed by atoms with Crippen LogP contribution in [0.25, 0.3) is 0 Å². The Hall–Kier alpha value is -1.04. The summed E-state index contributed by atoms with van der Waals surface area (Å²) in [5.41, 5.74) is -1.82. The van der Waals surface area contributed by atoms with Gasteiger partial charge >= 0.3 is 0 Å². The molecule has 10 atom stereocenters. The molecule has 0 aromatic heterocycles. The quantitative estimate of drug-likeness (QED) is 0.481. The molecule has 0 spiro atoms. The summed E-state index contributed by atoms with van der Waals surface area (Å²) in [6.45, 7) is 18.2. The van der Waals surface area contributed by atoms with Gasteiger partial charge in [0.15, 0.2) is 0 Å². The second-order valence-corrected chi connectivity index (χ2v) is 14.3. The van der Waals surface area contributed by atoms with Crippen LogP contribution < -0.4 is 0 Å². The Bertz CT molecular complexity index is 920. The van der Waals surface area contributed by atoms with Crippen LogP contribution >= 0.6 is 0 Å². The molecule has 0 saturated heterocycles. The average Bonchev–Trinajstić information content (AvgIpc) is 3.12. The van der Waals surface area contributed by atoms with Crippen LogP contribution in [-0.4, -0.2) is 44.7 Å². The van der Waals surface area contributed by atoms with Crippen molar-refractivity contribution in [1.82, 2.24) is 0 Å². The second-order valence-electron chi connectivity index (χ2n) is 14.3. The molecule has 0 heterocycles. The van der Waals surface area contributed by atoms with Crippen LogP contribution in [0.4, 0.5) is 0 Å². The summed E-state index contributed by atoms with van der Waals surface area (Å²) in [7, 11) is 0. The number of carbonyl (C=O) groups excluding carboxylic acids is 2. The van der Waals surface area contributed by atoms with Gasteiger partial charge in [0.25, 0.3) is 0 Å². The number of hydrogen-bond donors (Lipinski definition) is 3. The summed E-state index contributed by atoms with van der Waals surface area (Å²) in [6.07, 6.45) is 3.52. The lowest BCUT2D eigenvalue weighted by Gasteiger charge is -2.69. The van der Waals surface area contributed by atoms with Crippen molar-refractivity contribution >= 4 is 11.6 Å². The van der Waals surface area contributed by atoms with E-state index in [2.05, 4.69) is 27.4 Å². The SMILES string of the molecule is C=C(C)C(O)CC[C@](C)(O)[C@H]1CC[C@]2(C)[C@@H]1C(=O)C[C@@H]1[C@@]3(C)CCC(=O)C(C)(C)[C@@H]3[C@@H](O)C[C@]12C. The highest BCUT2D eigenvalue weighted by Crippen LogP contribution is 2.74. The molecule has 0 radical (unpaired) electrons. The molecule has 4 fully saturated rings. The van der Waals surface area contributed by atoms with Crippen LogP contribution in [-0.2, 0) is 9.59 Å². The molecule has 198 valence electrons. The molecule has 5 heteroatoms. The Kier molecular flexibility index (Phi) is 6.35. The Morgan fingerprint density at radius 1 is 1.14 bits per heavy atom. The van der Waals surface area contributed by atoms with Gasteiger partial charge in [-0.15, -0.1) is 0 Å².